The molecule has 1 N–H and O–H groups in total. The summed E-state index contributed by atoms with van der Waals surface area (Å²) in [7, 11) is -4.74. The molecular formula is C15H18F4O4S. The highest BCUT2D eigenvalue weighted by atomic mass is 32.2. The molecule has 1 aromatic rings. The molecule has 4 nitrogen and oxygen atoms in total. The van der Waals surface area contributed by atoms with Crippen molar-refractivity contribution >= 4 is 10.1 Å². The molecule has 0 radical (unpaired) electrons. The van der Waals surface area contributed by atoms with Crippen molar-refractivity contribution in [1.29, 1.82) is 0 Å². The summed E-state index contributed by atoms with van der Waals surface area (Å²) in [6.45, 7) is 4.25. The number of alkyl halides is 3. The van der Waals surface area contributed by atoms with Crippen LogP contribution in [0.2, 0.25) is 0 Å². The number of rotatable bonds is 6. The predicted octanol–water partition coefficient (Wildman–Crippen LogP) is 3.99. The third kappa shape index (κ3) is 4.47. The van der Waals surface area contributed by atoms with Crippen LogP contribution in [0.3, 0.4) is 0 Å². The zero-order valence-corrected chi connectivity index (χ0v) is 14.1. The first-order valence-corrected chi connectivity index (χ1v) is 8.49. The summed E-state index contributed by atoms with van der Waals surface area (Å²) in [4.78, 5) is -0.449. The zero-order valence-electron chi connectivity index (χ0n) is 13.3. The lowest BCUT2D eigenvalue weighted by Gasteiger charge is -2.28. The molecule has 0 atom stereocenters. The predicted molar refractivity (Wildman–Crippen MR) is 79.2 cm³/mol. The zero-order chi connectivity index (χ0) is 18.8. The van der Waals surface area contributed by atoms with Crippen LogP contribution in [0.15, 0.2) is 40.7 Å². The lowest BCUT2D eigenvalue weighted by molar-refractivity contribution is -0.116. The van der Waals surface area contributed by atoms with Gasteiger partial charge in [0.1, 0.15) is 10.5 Å². The molecule has 0 spiro atoms. The molecule has 0 saturated carbocycles. The maximum absolute atomic E-state index is 13.8. The highest BCUT2D eigenvalue weighted by molar-refractivity contribution is 7.86. The molecule has 0 aliphatic rings. The number of hydrogen-bond acceptors (Lipinski definition) is 4. The summed E-state index contributed by atoms with van der Waals surface area (Å²) in [5.41, 5.74) is -1.69. The summed E-state index contributed by atoms with van der Waals surface area (Å²) >= 11 is 0. The standard InChI is InChI=1S/C15H18F4O4S/c1-4-14(20,5-2)13(12(16)15(17,18)19)23-24(21,22)11-8-6-10(3)7-9-11/h6-9,20H,4-5H2,1-3H3/b13-12-. The topological polar surface area (TPSA) is 63.6 Å². The van der Waals surface area contributed by atoms with E-state index in [1.165, 1.54) is 26.0 Å². The minimum Gasteiger partial charge on any atom is -0.382 e. The van der Waals surface area contributed by atoms with Crippen molar-refractivity contribution in [3.05, 3.63) is 41.4 Å². The molecule has 0 fully saturated rings. The Morgan fingerprint density at radius 1 is 1.12 bits per heavy atom. The van der Waals surface area contributed by atoms with Crippen LogP contribution < -0.4 is 0 Å². The quantitative estimate of drug-likeness (QED) is 0.467. The Balaban J connectivity index is 3.45. The largest absolute Gasteiger partial charge is 0.446 e. The molecule has 0 aliphatic carbocycles. The van der Waals surface area contributed by atoms with Crippen LogP contribution >= 0.6 is 0 Å². The molecular weight excluding hydrogens is 352 g/mol. The van der Waals surface area contributed by atoms with E-state index in [0.717, 1.165) is 12.1 Å². The van der Waals surface area contributed by atoms with Gasteiger partial charge in [-0.3, -0.25) is 0 Å². The lowest BCUT2D eigenvalue weighted by Crippen LogP contribution is -2.35. The fourth-order valence-corrected chi connectivity index (χ4v) is 2.89. The Labute approximate surface area is 137 Å². The molecule has 136 valence electrons. The molecule has 0 aliphatic heterocycles. The third-order valence-electron chi connectivity index (χ3n) is 3.54. The molecule has 0 aromatic heterocycles. The second-order valence-corrected chi connectivity index (χ2v) is 6.78. The maximum atomic E-state index is 13.8. The second-order valence-electron chi connectivity index (χ2n) is 5.23. The van der Waals surface area contributed by atoms with Crippen LogP contribution in [0.4, 0.5) is 17.6 Å². The van der Waals surface area contributed by atoms with E-state index in [-0.39, 0.29) is 12.8 Å². The van der Waals surface area contributed by atoms with E-state index in [1.54, 1.807) is 6.92 Å². The van der Waals surface area contributed by atoms with E-state index in [1.807, 2.05) is 0 Å². The van der Waals surface area contributed by atoms with Crippen LogP contribution in [0, 0.1) is 6.92 Å². The van der Waals surface area contributed by atoms with Gasteiger partial charge in [0.15, 0.2) is 5.76 Å². The van der Waals surface area contributed by atoms with Crippen LogP contribution in [-0.4, -0.2) is 25.3 Å². The number of aliphatic hydroxyl groups is 1. The van der Waals surface area contributed by atoms with E-state index in [0.29, 0.717) is 5.56 Å². The Morgan fingerprint density at radius 3 is 1.96 bits per heavy atom. The van der Waals surface area contributed by atoms with Crippen molar-refractivity contribution < 1.29 is 35.3 Å². The molecule has 0 bridgehead atoms. The first kappa shape index (κ1) is 20.4. The summed E-state index contributed by atoms with van der Waals surface area (Å²) in [6.07, 6.45) is -6.23. The van der Waals surface area contributed by atoms with Crippen LogP contribution in [0.5, 0.6) is 0 Å². The van der Waals surface area contributed by atoms with Gasteiger partial charge in [0, 0.05) is 0 Å². The van der Waals surface area contributed by atoms with Crippen LogP contribution in [0.25, 0.3) is 0 Å². The average molecular weight is 370 g/mol. The van der Waals surface area contributed by atoms with Gasteiger partial charge in [-0.15, -0.1) is 0 Å². The van der Waals surface area contributed by atoms with Gasteiger partial charge in [0.2, 0.25) is 5.83 Å². The van der Waals surface area contributed by atoms with E-state index in [2.05, 4.69) is 4.18 Å². The molecule has 0 amide bonds. The number of allylic oxidation sites excluding steroid dienone is 1. The Hall–Kier alpha value is -1.61. The molecule has 1 aromatic carbocycles. The van der Waals surface area contributed by atoms with Gasteiger partial charge in [-0.25, -0.2) is 0 Å². The first-order chi connectivity index (χ1) is 10.9. The van der Waals surface area contributed by atoms with E-state index in [9.17, 15) is 31.1 Å². The van der Waals surface area contributed by atoms with Gasteiger partial charge in [-0.05, 0) is 31.9 Å². The first-order valence-electron chi connectivity index (χ1n) is 7.08. The minimum absolute atomic E-state index is 0.369. The van der Waals surface area contributed by atoms with Crippen molar-refractivity contribution in [3.63, 3.8) is 0 Å². The Kier molecular flexibility index (Phi) is 6.05. The summed E-state index contributed by atoms with van der Waals surface area (Å²) in [6, 6.07) is 5.05. The SMILES string of the molecule is CCC(O)(CC)/C(OS(=O)(=O)c1ccc(C)cc1)=C(/F)C(F)(F)F. The highest BCUT2D eigenvalue weighted by Gasteiger charge is 2.46. The van der Waals surface area contributed by atoms with E-state index < -0.39 is 38.4 Å². The molecule has 1 rings (SSSR count). The Bertz CT molecular complexity index is 702. The summed E-state index contributed by atoms with van der Waals surface area (Å²) < 4.78 is 80.6. The average Bonchev–Trinajstić information content (AvgIpc) is 2.50. The molecule has 0 saturated heterocycles. The lowest BCUT2D eigenvalue weighted by atomic mass is 9.94. The maximum Gasteiger partial charge on any atom is 0.446 e. The number of aryl methyl sites for hydroxylation is 1. The van der Waals surface area contributed by atoms with Gasteiger partial charge in [0.25, 0.3) is 0 Å². The monoisotopic (exact) mass is 370 g/mol. The minimum atomic E-state index is -5.49. The number of benzene rings is 1. The fraction of sp³-hybridized carbons (Fsp3) is 0.467. The van der Waals surface area contributed by atoms with Gasteiger partial charge in [0.05, 0.1) is 0 Å². The van der Waals surface area contributed by atoms with Gasteiger partial charge < -0.3 is 9.29 Å². The van der Waals surface area contributed by atoms with Crippen molar-refractivity contribution in [2.75, 3.05) is 0 Å². The highest BCUT2D eigenvalue weighted by Crippen LogP contribution is 2.38. The molecule has 9 heteroatoms. The van der Waals surface area contributed by atoms with Crippen LogP contribution in [-0.2, 0) is 14.3 Å². The Morgan fingerprint density at radius 2 is 1.58 bits per heavy atom. The van der Waals surface area contributed by atoms with Crippen molar-refractivity contribution in [1.82, 2.24) is 0 Å². The van der Waals surface area contributed by atoms with Crippen molar-refractivity contribution in [2.24, 2.45) is 0 Å². The summed E-state index contributed by atoms with van der Waals surface area (Å²) in [5, 5.41) is 10.2. The van der Waals surface area contributed by atoms with Gasteiger partial charge in [-0.2, -0.15) is 26.0 Å². The van der Waals surface area contributed by atoms with E-state index in [4.69, 9.17) is 0 Å². The van der Waals surface area contributed by atoms with Crippen molar-refractivity contribution in [3.8, 4) is 0 Å². The molecule has 24 heavy (non-hydrogen) atoms. The van der Waals surface area contributed by atoms with Crippen molar-refractivity contribution in [2.45, 2.75) is 50.3 Å². The van der Waals surface area contributed by atoms with Gasteiger partial charge in [-0.1, -0.05) is 31.5 Å². The second kappa shape index (κ2) is 7.10. The van der Waals surface area contributed by atoms with E-state index >= 15 is 0 Å². The summed E-state index contributed by atoms with van der Waals surface area (Å²) in [5.74, 6) is -4.43. The number of halogens is 4. The smallest absolute Gasteiger partial charge is 0.382 e. The number of hydrogen-bond donors (Lipinski definition) is 1. The molecule has 0 unspecified atom stereocenters. The van der Waals surface area contributed by atoms with Gasteiger partial charge >= 0.3 is 16.3 Å². The molecule has 0 heterocycles. The van der Waals surface area contributed by atoms with Crippen LogP contribution in [0.1, 0.15) is 32.3 Å². The third-order valence-corrected chi connectivity index (χ3v) is 4.78. The normalized spacial score (nSPS) is 14.3. The fourth-order valence-electron chi connectivity index (χ4n) is 1.88.